The van der Waals surface area contributed by atoms with E-state index in [1.165, 1.54) is 44.1 Å². The van der Waals surface area contributed by atoms with Gasteiger partial charge in [0.15, 0.2) is 0 Å². The Balaban J connectivity index is 2.07. The molecule has 3 N–H and O–H groups in total. The third kappa shape index (κ3) is 10.4. The first-order chi connectivity index (χ1) is 15.7. The SMILES string of the molecule is CCC[CH2][Sn]([CH2]CCC)([CH2]CCC)[c]1ccc(CN2CCNCCNCCNCC2)cc1. The molecule has 0 aromatic heterocycles. The van der Waals surface area contributed by atoms with Gasteiger partial charge in [0.05, 0.1) is 0 Å². The molecule has 2 rings (SSSR count). The first kappa shape index (κ1) is 28.1. The van der Waals surface area contributed by atoms with Crippen LogP contribution in [-0.4, -0.2) is 75.6 Å². The Kier molecular flexibility index (Phi) is 15.2. The van der Waals surface area contributed by atoms with Gasteiger partial charge in [0.25, 0.3) is 0 Å². The van der Waals surface area contributed by atoms with E-state index in [-0.39, 0.29) is 0 Å². The van der Waals surface area contributed by atoms with Gasteiger partial charge in [-0.05, 0) is 0 Å². The van der Waals surface area contributed by atoms with Gasteiger partial charge in [-0.15, -0.1) is 0 Å². The molecule has 1 heterocycles. The normalized spacial score (nSPS) is 17.6. The summed E-state index contributed by atoms with van der Waals surface area (Å²) in [5.41, 5.74) is 1.49. The van der Waals surface area contributed by atoms with Crippen molar-refractivity contribution >= 4 is 22.0 Å². The van der Waals surface area contributed by atoms with Gasteiger partial charge in [0, 0.05) is 0 Å². The summed E-state index contributed by atoms with van der Waals surface area (Å²) >= 11 is -2.29. The second kappa shape index (κ2) is 17.3. The molecule has 1 aromatic rings. The van der Waals surface area contributed by atoms with E-state index in [1.807, 2.05) is 3.58 Å². The van der Waals surface area contributed by atoms with E-state index < -0.39 is 18.4 Å². The van der Waals surface area contributed by atoms with Crippen LogP contribution in [0, 0.1) is 0 Å². The number of benzene rings is 1. The fourth-order valence-corrected chi connectivity index (χ4v) is 21.0. The molecule has 0 radical (unpaired) electrons. The van der Waals surface area contributed by atoms with Gasteiger partial charge >= 0.3 is 204 Å². The van der Waals surface area contributed by atoms with Crippen molar-refractivity contribution in [3.63, 3.8) is 0 Å². The average Bonchev–Trinajstić information content (AvgIpc) is 2.81. The zero-order valence-corrected chi connectivity index (χ0v) is 24.3. The minimum atomic E-state index is -2.29. The van der Waals surface area contributed by atoms with Crippen LogP contribution in [0.1, 0.15) is 64.9 Å². The summed E-state index contributed by atoms with van der Waals surface area (Å²) in [6, 6.07) is 10.1. The van der Waals surface area contributed by atoms with Gasteiger partial charge in [-0.1, -0.05) is 0 Å². The van der Waals surface area contributed by atoms with Crippen molar-refractivity contribution in [3.05, 3.63) is 29.8 Å². The Morgan fingerprint density at radius 1 is 0.656 bits per heavy atom. The van der Waals surface area contributed by atoms with Gasteiger partial charge in [0.1, 0.15) is 0 Å². The first-order valence-corrected chi connectivity index (χ1v) is 21.2. The molecule has 1 aliphatic rings. The Bertz CT molecular complexity index is 544. The summed E-state index contributed by atoms with van der Waals surface area (Å²) in [6.07, 6.45) is 8.37. The summed E-state index contributed by atoms with van der Waals surface area (Å²) in [5, 5.41) is 10.7. The molecule has 0 unspecified atom stereocenters. The number of nitrogens with one attached hydrogen (secondary N) is 3. The van der Waals surface area contributed by atoms with Crippen molar-refractivity contribution in [2.75, 3.05) is 52.4 Å². The van der Waals surface area contributed by atoms with E-state index in [9.17, 15) is 0 Å². The van der Waals surface area contributed by atoms with Crippen molar-refractivity contribution in [1.29, 1.82) is 0 Å². The maximum absolute atomic E-state index is 3.59. The van der Waals surface area contributed by atoms with E-state index in [4.69, 9.17) is 0 Å². The Morgan fingerprint density at radius 3 is 1.53 bits per heavy atom. The Labute approximate surface area is 203 Å². The standard InChI is InChI=1S/C15H25N4.3C4H9.Sn/c1-2-4-15(5-3-1)14-19-12-10-17-8-6-16-7-9-18-11-13-19;3*1-3-4-2;/h2-5,16-18H,6-14H2;3*1,3-4H2,2H3;. The fraction of sp³-hybridized carbons (Fsp3) is 0.778. The van der Waals surface area contributed by atoms with Gasteiger partial charge in [0.2, 0.25) is 0 Å². The summed E-state index contributed by atoms with van der Waals surface area (Å²) in [6.45, 7) is 16.8. The molecular weight excluding hydrogens is 499 g/mol. The summed E-state index contributed by atoms with van der Waals surface area (Å²) < 4.78 is 6.48. The Hall–Kier alpha value is -0.141. The summed E-state index contributed by atoms with van der Waals surface area (Å²) in [7, 11) is 0. The van der Waals surface area contributed by atoms with Crippen molar-refractivity contribution < 1.29 is 0 Å². The molecule has 4 nitrogen and oxygen atoms in total. The van der Waals surface area contributed by atoms with Crippen molar-refractivity contribution in [1.82, 2.24) is 20.9 Å². The predicted octanol–water partition coefficient (Wildman–Crippen LogP) is 4.33. The molecule has 1 aliphatic heterocycles. The van der Waals surface area contributed by atoms with E-state index in [0.29, 0.717) is 0 Å². The number of hydrogen-bond donors (Lipinski definition) is 3. The minimum absolute atomic E-state index is 1.06. The third-order valence-electron chi connectivity index (χ3n) is 7.17. The van der Waals surface area contributed by atoms with Gasteiger partial charge < -0.3 is 0 Å². The molecule has 0 amide bonds. The molecule has 1 saturated heterocycles. The van der Waals surface area contributed by atoms with Crippen LogP contribution in [0.2, 0.25) is 13.3 Å². The van der Waals surface area contributed by atoms with Gasteiger partial charge in [-0.2, -0.15) is 0 Å². The maximum atomic E-state index is 3.59. The van der Waals surface area contributed by atoms with Crippen LogP contribution < -0.4 is 19.5 Å². The second-order valence-electron chi connectivity index (χ2n) is 9.81. The van der Waals surface area contributed by atoms with Crippen LogP contribution in [-0.2, 0) is 6.54 Å². The summed E-state index contributed by atoms with van der Waals surface area (Å²) in [4.78, 5) is 2.62. The van der Waals surface area contributed by atoms with E-state index in [1.54, 1.807) is 13.3 Å². The topological polar surface area (TPSA) is 39.3 Å². The molecule has 1 fully saturated rings. The molecule has 1 aromatic carbocycles. The third-order valence-corrected chi connectivity index (χ3v) is 22.8. The molecule has 0 aliphatic carbocycles. The Morgan fingerprint density at radius 2 is 1.09 bits per heavy atom. The molecule has 0 saturated carbocycles. The molecule has 5 heteroatoms. The molecular formula is C27H52N4Sn. The number of rotatable bonds is 12. The molecule has 0 bridgehead atoms. The van der Waals surface area contributed by atoms with Crippen LogP contribution in [0.5, 0.6) is 0 Å². The molecule has 184 valence electrons. The number of unbranched alkanes of at least 4 members (excludes halogenated alkanes) is 3. The van der Waals surface area contributed by atoms with Crippen molar-refractivity contribution in [2.45, 2.75) is 79.2 Å². The van der Waals surface area contributed by atoms with Crippen LogP contribution in [0.3, 0.4) is 0 Å². The van der Waals surface area contributed by atoms with E-state index in [2.05, 4.69) is 65.9 Å². The van der Waals surface area contributed by atoms with Crippen molar-refractivity contribution in [2.24, 2.45) is 0 Å². The molecule has 32 heavy (non-hydrogen) atoms. The monoisotopic (exact) mass is 552 g/mol. The van der Waals surface area contributed by atoms with Crippen LogP contribution >= 0.6 is 0 Å². The van der Waals surface area contributed by atoms with Crippen LogP contribution in [0.15, 0.2) is 24.3 Å². The van der Waals surface area contributed by atoms with Crippen LogP contribution in [0.25, 0.3) is 0 Å². The fourth-order valence-electron chi connectivity index (χ4n) is 5.05. The van der Waals surface area contributed by atoms with E-state index >= 15 is 0 Å². The molecule has 0 spiro atoms. The quantitative estimate of drug-likeness (QED) is 0.339. The zero-order chi connectivity index (χ0) is 22.9. The summed E-state index contributed by atoms with van der Waals surface area (Å²) in [5.74, 6) is 0. The zero-order valence-electron chi connectivity index (χ0n) is 21.5. The molecule has 0 atom stereocenters. The average molecular weight is 551 g/mol. The second-order valence-corrected chi connectivity index (χ2v) is 23.1. The van der Waals surface area contributed by atoms with E-state index in [0.717, 1.165) is 58.9 Å². The predicted molar refractivity (Wildman–Crippen MR) is 145 cm³/mol. The van der Waals surface area contributed by atoms with Gasteiger partial charge in [-0.3, -0.25) is 0 Å². The van der Waals surface area contributed by atoms with Gasteiger partial charge in [-0.25, -0.2) is 0 Å². The van der Waals surface area contributed by atoms with Crippen molar-refractivity contribution in [3.8, 4) is 0 Å². The number of nitrogens with zero attached hydrogens (tertiary/aromatic N) is 1. The van der Waals surface area contributed by atoms with Crippen LogP contribution in [0.4, 0.5) is 0 Å². The number of hydrogen-bond acceptors (Lipinski definition) is 4. The first-order valence-electron chi connectivity index (χ1n) is 13.7.